The van der Waals surface area contributed by atoms with Gasteiger partial charge in [0.25, 0.3) is 5.91 Å². The highest BCUT2D eigenvalue weighted by Crippen LogP contribution is 2.10. The Morgan fingerprint density at radius 2 is 2.04 bits per heavy atom. The van der Waals surface area contributed by atoms with Gasteiger partial charge in [0, 0.05) is 51.7 Å². The SMILES string of the molecule is CCNC(=NCc1nccn1CC(C)C)N1CCN(C(=O)c2ccco2)CC1. The number of nitrogens with one attached hydrogen (secondary N) is 1. The van der Waals surface area contributed by atoms with Crippen LogP contribution in [-0.4, -0.2) is 63.9 Å². The van der Waals surface area contributed by atoms with Crippen LogP contribution in [0.15, 0.2) is 40.2 Å². The van der Waals surface area contributed by atoms with E-state index in [2.05, 4.69) is 40.5 Å². The fraction of sp³-hybridized carbons (Fsp3) is 0.550. The minimum Gasteiger partial charge on any atom is -0.459 e. The summed E-state index contributed by atoms with van der Waals surface area (Å²) >= 11 is 0. The number of rotatable bonds is 6. The van der Waals surface area contributed by atoms with E-state index >= 15 is 0 Å². The third-order valence-electron chi connectivity index (χ3n) is 4.67. The first-order valence-corrected chi connectivity index (χ1v) is 9.94. The summed E-state index contributed by atoms with van der Waals surface area (Å²) in [5.41, 5.74) is 0. The molecule has 0 spiro atoms. The molecule has 0 atom stereocenters. The molecule has 1 N–H and O–H groups in total. The summed E-state index contributed by atoms with van der Waals surface area (Å²) in [5, 5.41) is 3.36. The van der Waals surface area contributed by atoms with E-state index in [1.165, 1.54) is 6.26 Å². The number of carbonyl (C=O) groups is 1. The number of aliphatic imine (C=N–C) groups is 1. The zero-order valence-electron chi connectivity index (χ0n) is 17.0. The Morgan fingerprint density at radius 3 is 2.68 bits per heavy atom. The summed E-state index contributed by atoms with van der Waals surface area (Å²) in [5.74, 6) is 2.74. The van der Waals surface area contributed by atoms with Gasteiger partial charge in [0.2, 0.25) is 0 Å². The number of hydrogen-bond donors (Lipinski definition) is 1. The van der Waals surface area contributed by atoms with Crippen molar-refractivity contribution in [1.29, 1.82) is 0 Å². The van der Waals surface area contributed by atoms with Crippen LogP contribution in [0.5, 0.6) is 0 Å². The van der Waals surface area contributed by atoms with E-state index in [4.69, 9.17) is 9.41 Å². The Hall–Kier alpha value is -2.77. The van der Waals surface area contributed by atoms with Gasteiger partial charge in [-0.1, -0.05) is 13.8 Å². The maximum Gasteiger partial charge on any atom is 0.289 e. The lowest BCUT2D eigenvalue weighted by atomic mass is 10.2. The molecule has 8 heteroatoms. The Morgan fingerprint density at radius 1 is 1.29 bits per heavy atom. The first-order chi connectivity index (χ1) is 13.6. The molecule has 2 aromatic heterocycles. The average molecular weight is 387 g/mol. The lowest BCUT2D eigenvalue weighted by Crippen LogP contribution is -2.53. The molecule has 1 amide bonds. The number of amides is 1. The molecule has 0 unspecified atom stereocenters. The first kappa shape index (κ1) is 20.0. The van der Waals surface area contributed by atoms with Crippen molar-refractivity contribution >= 4 is 11.9 Å². The molecule has 2 aromatic rings. The van der Waals surface area contributed by atoms with Gasteiger partial charge in [-0.3, -0.25) is 4.79 Å². The molecule has 28 heavy (non-hydrogen) atoms. The van der Waals surface area contributed by atoms with Gasteiger partial charge in [0.05, 0.1) is 6.26 Å². The summed E-state index contributed by atoms with van der Waals surface area (Å²) in [6, 6.07) is 3.45. The lowest BCUT2D eigenvalue weighted by molar-refractivity contribution is 0.0657. The third-order valence-corrected chi connectivity index (χ3v) is 4.67. The van der Waals surface area contributed by atoms with Crippen molar-refractivity contribution in [2.75, 3.05) is 32.7 Å². The van der Waals surface area contributed by atoms with Gasteiger partial charge in [-0.15, -0.1) is 0 Å². The zero-order valence-corrected chi connectivity index (χ0v) is 17.0. The summed E-state index contributed by atoms with van der Waals surface area (Å²) in [4.78, 5) is 25.7. The third kappa shape index (κ3) is 4.94. The average Bonchev–Trinajstić information content (AvgIpc) is 3.36. The van der Waals surface area contributed by atoms with Crippen LogP contribution in [0.25, 0.3) is 0 Å². The Kier molecular flexibility index (Phi) is 6.73. The molecule has 0 aliphatic carbocycles. The number of nitrogens with zero attached hydrogens (tertiary/aromatic N) is 5. The minimum atomic E-state index is -0.0534. The monoisotopic (exact) mass is 386 g/mol. The summed E-state index contributed by atoms with van der Waals surface area (Å²) in [6.45, 7) is 11.5. The lowest BCUT2D eigenvalue weighted by Gasteiger charge is -2.36. The van der Waals surface area contributed by atoms with Gasteiger partial charge in [-0.05, 0) is 25.0 Å². The molecule has 0 aromatic carbocycles. The van der Waals surface area contributed by atoms with E-state index in [0.29, 0.717) is 31.3 Å². The van der Waals surface area contributed by atoms with Crippen molar-refractivity contribution < 1.29 is 9.21 Å². The molecule has 0 saturated carbocycles. The largest absolute Gasteiger partial charge is 0.459 e. The second-order valence-electron chi connectivity index (χ2n) is 7.32. The van der Waals surface area contributed by atoms with Crippen LogP contribution in [0, 0.1) is 5.92 Å². The predicted molar refractivity (Wildman–Crippen MR) is 108 cm³/mol. The molecular weight excluding hydrogens is 356 g/mol. The Balaban J connectivity index is 1.61. The molecule has 1 saturated heterocycles. The van der Waals surface area contributed by atoms with Crippen LogP contribution in [-0.2, 0) is 13.1 Å². The fourth-order valence-corrected chi connectivity index (χ4v) is 3.30. The number of hydrogen-bond acceptors (Lipinski definition) is 4. The van der Waals surface area contributed by atoms with Crippen molar-refractivity contribution in [1.82, 2.24) is 24.7 Å². The molecule has 8 nitrogen and oxygen atoms in total. The highest BCUT2D eigenvalue weighted by molar-refractivity contribution is 5.91. The van der Waals surface area contributed by atoms with E-state index in [0.717, 1.165) is 38.0 Å². The van der Waals surface area contributed by atoms with E-state index in [9.17, 15) is 4.79 Å². The van der Waals surface area contributed by atoms with Crippen molar-refractivity contribution in [2.45, 2.75) is 33.9 Å². The molecule has 3 rings (SSSR count). The normalized spacial score (nSPS) is 15.4. The number of aromatic nitrogens is 2. The number of imidazole rings is 1. The maximum atomic E-state index is 12.4. The van der Waals surface area contributed by atoms with Crippen LogP contribution in [0.2, 0.25) is 0 Å². The molecule has 152 valence electrons. The van der Waals surface area contributed by atoms with Crippen LogP contribution in [0.4, 0.5) is 0 Å². The van der Waals surface area contributed by atoms with Gasteiger partial charge in [0.15, 0.2) is 11.7 Å². The van der Waals surface area contributed by atoms with Gasteiger partial charge in [-0.25, -0.2) is 9.98 Å². The van der Waals surface area contributed by atoms with Gasteiger partial charge in [0.1, 0.15) is 12.4 Å². The summed E-state index contributed by atoms with van der Waals surface area (Å²) < 4.78 is 7.39. The molecule has 1 aliphatic rings. The van der Waals surface area contributed by atoms with Crippen molar-refractivity contribution in [3.63, 3.8) is 0 Å². The molecule has 1 aliphatic heterocycles. The van der Waals surface area contributed by atoms with Crippen molar-refractivity contribution in [2.24, 2.45) is 10.9 Å². The highest BCUT2D eigenvalue weighted by Gasteiger charge is 2.25. The van der Waals surface area contributed by atoms with Crippen LogP contribution in [0.3, 0.4) is 0 Å². The van der Waals surface area contributed by atoms with Gasteiger partial charge >= 0.3 is 0 Å². The van der Waals surface area contributed by atoms with E-state index in [1.807, 2.05) is 17.3 Å². The topological polar surface area (TPSA) is 78.9 Å². The first-order valence-electron chi connectivity index (χ1n) is 9.94. The minimum absolute atomic E-state index is 0.0534. The number of guanidine groups is 1. The van der Waals surface area contributed by atoms with Crippen molar-refractivity contribution in [3.8, 4) is 0 Å². The molecule has 0 radical (unpaired) electrons. The zero-order chi connectivity index (χ0) is 19.9. The maximum absolute atomic E-state index is 12.4. The van der Waals surface area contributed by atoms with Gasteiger partial charge < -0.3 is 24.1 Å². The quantitative estimate of drug-likeness (QED) is 0.607. The van der Waals surface area contributed by atoms with Crippen LogP contribution >= 0.6 is 0 Å². The standard InChI is InChI=1S/C20H30N6O2/c1-4-21-20(23-14-18-22-7-8-26(18)15-16(2)3)25-11-9-24(10-12-25)19(27)17-6-5-13-28-17/h5-8,13,16H,4,9-12,14-15H2,1-3H3,(H,21,23). The Labute approximate surface area is 166 Å². The Bertz CT molecular complexity index is 772. The molecule has 3 heterocycles. The van der Waals surface area contributed by atoms with E-state index < -0.39 is 0 Å². The second kappa shape index (κ2) is 9.43. The number of furan rings is 1. The van der Waals surface area contributed by atoms with Crippen molar-refractivity contribution in [3.05, 3.63) is 42.4 Å². The fourth-order valence-electron chi connectivity index (χ4n) is 3.30. The highest BCUT2D eigenvalue weighted by atomic mass is 16.3. The smallest absolute Gasteiger partial charge is 0.289 e. The van der Waals surface area contributed by atoms with Gasteiger partial charge in [-0.2, -0.15) is 0 Å². The summed E-state index contributed by atoms with van der Waals surface area (Å²) in [6.07, 6.45) is 5.37. The van der Waals surface area contributed by atoms with Crippen LogP contribution < -0.4 is 5.32 Å². The number of piperazine rings is 1. The second-order valence-corrected chi connectivity index (χ2v) is 7.32. The molecule has 1 fully saturated rings. The molecular formula is C20H30N6O2. The summed E-state index contributed by atoms with van der Waals surface area (Å²) in [7, 11) is 0. The van der Waals surface area contributed by atoms with Crippen LogP contribution in [0.1, 0.15) is 37.2 Å². The predicted octanol–water partition coefficient (Wildman–Crippen LogP) is 2.06. The van der Waals surface area contributed by atoms with E-state index in [-0.39, 0.29) is 5.91 Å². The molecule has 0 bridgehead atoms. The number of carbonyl (C=O) groups excluding carboxylic acids is 1. The van der Waals surface area contributed by atoms with E-state index in [1.54, 1.807) is 12.1 Å².